The molecule has 0 aliphatic heterocycles. The van der Waals surface area contributed by atoms with E-state index in [1.54, 1.807) is 44.0 Å². The Hall–Kier alpha value is -5.32. The molecule has 13 aliphatic carbocycles. The molecule has 352 valence electrons. The summed E-state index contributed by atoms with van der Waals surface area (Å²) in [6, 6.07) is 21.2. The quantitative estimate of drug-likeness (QED) is 0.152. The lowest BCUT2D eigenvalue weighted by Crippen LogP contribution is -2.35. The van der Waals surface area contributed by atoms with Crippen molar-refractivity contribution in [3.63, 3.8) is 0 Å². The number of hydrogen-bond acceptors (Lipinski definition) is 2. The maximum absolute atomic E-state index is 11.5. The van der Waals surface area contributed by atoms with Crippen molar-refractivity contribution in [2.45, 2.75) is 183 Å². The van der Waals surface area contributed by atoms with E-state index < -0.39 is 0 Å². The minimum absolute atomic E-state index is 0.127. The van der Waals surface area contributed by atoms with Crippen LogP contribution >= 0.6 is 0 Å². The summed E-state index contributed by atoms with van der Waals surface area (Å²) in [6.07, 6.45) is 22.3. The van der Waals surface area contributed by atoms with Gasteiger partial charge < -0.3 is 8.80 Å². The number of hydrogen-bond donors (Lipinski definition) is 0. The summed E-state index contributed by atoms with van der Waals surface area (Å²) in [5, 5.41) is 35.2. The van der Waals surface area contributed by atoms with Gasteiger partial charge in [-0.05, 0) is 260 Å². The van der Waals surface area contributed by atoms with E-state index in [-0.39, 0.29) is 10.8 Å². The third-order valence-corrected chi connectivity index (χ3v) is 24.0. The van der Waals surface area contributed by atoms with Gasteiger partial charge in [0.05, 0.1) is 56.4 Å². The van der Waals surface area contributed by atoms with Crippen molar-refractivity contribution < 1.29 is 0 Å². The van der Waals surface area contributed by atoms with E-state index in [9.17, 15) is 10.5 Å². The summed E-state index contributed by atoms with van der Waals surface area (Å²) in [7, 11) is 0. The Kier molecular flexibility index (Phi) is 6.83. The van der Waals surface area contributed by atoms with Crippen LogP contribution in [-0.2, 0) is 10.8 Å². The van der Waals surface area contributed by atoms with E-state index in [4.69, 9.17) is 0 Å². The van der Waals surface area contributed by atoms with Crippen LogP contribution in [0.15, 0.2) is 36.4 Å². The summed E-state index contributed by atoms with van der Waals surface area (Å²) < 4.78 is 5.62. The van der Waals surface area contributed by atoms with Crippen molar-refractivity contribution in [2.75, 3.05) is 0 Å². The monoisotopic (exact) mass is 925 g/mol. The summed E-state index contributed by atoms with van der Waals surface area (Å²) in [5.74, 6) is 8.38. The Bertz CT molecular complexity index is 4070. The molecule has 0 radical (unpaired) electrons. The highest BCUT2D eigenvalue weighted by molar-refractivity contribution is 6.46. The van der Waals surface area contributed by atoms with Crippen molar-refractivity contribution >= 4 is 76.2 Å². The fourth-order valence-corrected chi connectivity index (χ4v) is 22.2. The molecule has 9 aromatic rings. The fourth-order valence-electron chi connectivity index (χ4n) is 22.2. The molecule has 6 fully saturated rings. The predicted molar refractivity (Wildman–Crippen MR) is 287 cm³/mol. The van der Waals surface area contributed by atoms with Gasteiger partial charge in [0, 0.05) is 43.1 Å². The van der Waals surface area contributed by atoms with Gasteiger partial charge in [0.1, 0.15) is 0 Å². The normalized spacial score (nSPS) is 34.3. The number of nitriles is 2. The number of fused-ring (bicyclic) bond motifs is 16. The number of rotatable bonds is 0. The minimum atomic E-state index is -0.129. The largest absolute Gasteiger partial charge is 0.308 e. The Morgan fingerprint density at radius 2 is 0.746 bits per heavy atom. The number of benzene rings is 5. The Labute approximate surface area is 416 Å². The third-order valence-electron chi connectivity index (χ3n) is 24.0. The van der Waals surface area contributed by atoms with Crippen molar-refractivity contribution in [1.82, 2.24) is 8.80 Å². The molecule has 6 saturated carbocycles. The minimum Gasteiger partial charge on any atom is -0.308 e. The van der Waals surface area contributed by atoms with Crippen LogP contribution in [0.3, 0.4) is 0 Å². The molecule has 4 nitrogen and oxygen atoms in total. The molecule has 4 aromatic heterocycles. The Balaban J connectivity index is 1.13. The second-order valence-corrected chi connectivity index (χ2v) is 28.4. The van der Waals surface area contributed by atoms with Crippen molar-refractivity contribution in [2.24, 2.45) is 35.5 Å². The van der Waals surface area contributed by atoms with Crippen LogP contribution in [0.1, 0.15) is 228 Å². The molecule has 0 N–H and O–H groups in total. The first-order chi connectivity index (χ1) is 34.5. The first kappa shape index (κ1) is 39.2. The third kappa shape index (κ3) is 4.42. The van der Waals surface area contributed by atoms with Gasteiger partial charge >= 0.3 is 0 Å². The van der Waals surface area contributed by atoms with E-state index in [2.05, 4.69) is 85.0 Å². The molecule has 71 heavy (non-hydrogen) atoms. The molecular weight excluding hydrogens is 861 g/mol. The summed E-state index contributed by atoms with van der Waals surface area (Å²) in [6.45, 7) is 9.87. The van der Waals surface area contributed by atoms with Crippen molar-refractivity contribution in [1.29, 1.82) is 10.5 Å². The maximum Gasteiger partial charge on any atom is 0.0995 e. The summed E-state index contributed by atoms with van der Waals surface area (Å²) in [4.78, 5) is 0. The Morgan fingerprint density at radius 1 is 0.380 bits per heavy atom. The molecule has 0 saturated heterocycles. The van der Waals surface area contributed by atoms with Gasteiger partial charge in [-0.3, -0.25) is 0 Å². The van der Waals surface area contributed by atoms with E-state index in [1.807, 2.05) is 0 Å². The van der Waals surface area contributed by atoms with Gasteiger partial charge in [0.15, 0.2) is 0 Å². The van der Waals surface area contributed by atoms with Gasteiger partial charge in [-0.1, -0.05) is 39.8 Å². The molecule has 4 heteroatoms. The van der Waals surface area contributed by atoms with E-state index in [1.165, 1.54) is 173 Å². The number of aromatic nitrogens is 2. The van der Waals surface area contributed by atoms with Gasteiger partial charge in [0.25, 0.3) is 0 Å². The van der Waals surface area contributed by atoms with Crippen molar-refractivity contribution in [3.8, 4) is 12.1 Å². The molecule has 5 aromatic carbocycles. The van der Waals surface area contributed by atoms with E-state index >= 15 is 0 Å². The second kappa shape index (κ2) is 12.4. The van der Waals surface area contributed by atoms with Gasteiger partial charge in [-0.15, -0.1) is 0 Å². The molecule has 6 atom stereocenters. The first-order valence-corrected chi connectivity index (χ1v) is 29.0. The smallest absolute Gasteiger partial charge is 0.0995 e. The van der Waals surface area contributed by atoms with Crippen LogP contribution < -0.4 is 0 Å². The highest BCUT2D eigenvalue weighted by Gasteiger charge is 2.50. The molecule has 12 bridgehead atoms. The topological polar surface area (TPSA) is 56.4 Å². The highest BCUT2D eigenvalue weighted by Crippen LogP contribution is 2.66. The van der Waals surface area contributed by atoms with Crippen LogP contribution in [0, 0.1) is 58.2 Å². The summed E-state index contributed by atoms with van der Waals surface area (Å²) >= 11 is 0. The van der Waals surface area contributed by atoms with Crippen LogP contribution in [0.2, 0.25) is 0 Å². The molecule has 13 aliphatic rings. The maximum atomic E-state index is 11.5. The molecule has 22 rings (SSSR count). The first-order valence-electron chi connectivity index (χ1n) is 29.0. The lowest BCUT2D eigenvalue weighted by atomic mass is 9.61. The average Bonchev–Trinajstić information content (AvgIpc) is 3.97. The van der Waals surface area contributed by atoms with Crippen LogP contribution in [-0.4, -0.2) is 8.80 Å². The highest BCUT2D eigenvalue weighted by atomic mass is 15.0. The standard InChI is InChI=1S/C67H64N4/c1-66(2)9-10-67(3,4)63-57-49(27-43(29-69)62(63)66)71-48-26-42(28-68)50-38-18-34-13-35(19-38)25-41(24-34)53(50)56(48)60-58-54-46(7-5-44-36-14-30-11-31(15-36)21-39(20-30)51(44)54)70-47-8-6-45-37-16-32-12-33(17-37)23-40(22-32)52(45)55(47)59(64(58)70)61(57)65(60)71/h5-8,26-27,30-41H,9-25H2,1-4H3. The number of nitrogens with zero attached hydrogens (tertiary/aromatic N) is 4. The second-order valence-electron chi connectivity index (χ2n) is 28.4. The predicted octanol–water partition coefficient (Wildman–Crippen LogP) is 17.3. The average molecular weight is 925 g/mol. The zero-order chi connectivity index (χ0) is 46.6. The summed E-state index contributed by atoms with van der Waals surface area (Å²) in [5.41, 5.74) is 22.4. The zero-order valence-electron chi connectivity index (χ0n) is 42.2. The van der Waals surface area contributed by atoms with Gasteiger partial charge in [-0.2, -0.15) is 10.5 Å². The van der Waals surface area contributed by atoms with E-state index in [0.717, 1.165) is 59.5 Å². The molecule has 4 heterocycles. The molecular formula is C67H64N4. The molecule has 6 unspecified atom stereocenters. The van der Waals surface area contributed by atoms with Crippen LogP contribution in [0.4, 0.5) is 0 Å². The van der Waals surface area contributed by atoms with Crippen LogP contribution in [0.25, 0.3) is 76.2 Å². The lowest BCUT2D eigenvalue weighted by Gasteiger charge is -2.43. The SMILES string of the molecule is CC1(C)CCC(C)(C)c2c1c(C#N)cc1c2c2c3c4c5c(ccc4n4c6ccc7c(c6c(c6c8c9c(c(C#N)cc8n1c62)C1CC2CC(C1)CC9C2)c34)C1CC2CC(CC7C2)C1)C1CC2CC(C1)CC5C2. The van der Waals surface area contributed by atoms with Gasteiger partial charge in [-0.25, -0.2) is 0 Å². The van der Waals surface area contributed by atoms with Gasteiger partial charge in [0.2, 0.25) is 0 Å². The lowest BCUT2D eigenvalue weighted by molar-refractivity contribution is 0.166. The zero-order valence-corrected chi connectivity index (χ0v) is 42.2. The molecule has 0 spiro atoms. The van der Waals surface area contributed by atoms with E-state index in [0.29, 0.717) is 35.5 Å². The Morgan fingerprint density at radius 3 is 1.23 bits per heavy atom. The fraction of sp³-hybridized carbons (Fsp3) is 0.522. The van der Waals surface area contributed by atoms with Crippen LogP contribution in [0.5, 0.6) is 0 Å². The molecule has 0 amide bonds. The van der Waals surface area contributed by atoms with Crippen molar-refractivity contribution in [3.05, 3.63) is 92.0 Å².